The SMILES string of the molecule is Cl.O=C(NCCc1nc(-c2ccc(COc3ccccc3)cc2)no1)C1CCCN1. The van der Waals surface area contributed by atoms with E-state index in [2.05, 4.69) is 20.8 Å². The van der Waals surface area contributed by atoms with Crippen LogP contribution in [0.4, 0.5) is 0 Å². The van der Waals surface area contributed by atoms with Crippen molar-refractivity contribution >= 4 is 18.3 Å². The first kappa shape index (κ1) is 21.8. The van der Waals surface area contributed by atoms with Crippen LogP contribution < -0.4 is 15.4 Å². The van der Waals surface area contributed by atoms with Crippen LogP contribution in [-0.4, -0.2) is 35.2 Å². The smallest absolute Gasteiger partial charge is 0.237 e. The molecule has 0 spiro atoms. The van der Waals surface area contributed by atoms with Crippen molar-refractivity contribution in [2.24, 2.45) is 0 Å². The first-order chi connectivity index (χ1) is 14.3. The summed E-state index contributed by atoms with van der Waals surface area (Å²) in [4.78, 5) is 16.4. The van der Waals surface area contributed by atoms with Gasteiger partial charge in [-0.1, -0.05) is 47.6 Å². The van der Waals surface area contributed by atoms with Crippen molar-refractivity contribution in [2.75, 3.05) is 13.1 Å². The highest BCUT2D eigenvalue weighted by molar-refractivity contribution is 5.85. The fourth-order valence-electron chi connectivity index (χ4n) is 3.23. The van der Waals surface area contributed by atoms with Crippen LogP contribution >= 0.6 is 12.4 Å². The molecule has 8 heteroatoms. The molecule has 0 saturated carbocycles. The summed E-state index contributed by atoms with van der Waals surface area (Å²) in [5, 5.41) is 10.1. The van der Waals surface area contributed by atoms with Crippen molar-refractivity contribution < 1.29 is 14.1 Å². The third-order valence-corrected chi connectivity index (χ3v) is 4.84. The van der Waals surface area contributed by atoms with Gasteiger partial charge in [-0.05, 0) is 37.1 Å². The van der Waals surface area contributed by atoms with Crippen molar-refractivity contribution in [2.45, 2.75) is 31.9 Å². The van der Waals surface area contributed by atoms with Crippen molar-refractivity contribution in [1.82, 2.24) is 20.8 Å². The zero-order valence-corrected chi connectivity index (χ0v) is 17.4. The highest BCUT2D eigenvalue weighted by Crippen LogP contribution is 2.18. The molecule has 158 valence electrons. The quantitative estimate of drug-likeness (QED) is 0.573. The van der Waals surface area contributed by atoms with Crippen LogP contribution in [0.1, 0.15) is 24.3 Å². The Morgan fingerprint density at radius 2 is 1.97 bits per heavy atom. The summed E-state index contributed by atoms with van der Waals surface area (Å²) in [5.41, 5.74) is 1.94. The van der Waals surface area contributed by atoms with E-state index in [4.69, 9.17) is 9.26 Å². The minimum Gasteiger partial charge on any atom is -0.489 e. The number of hydrogen-bond acceptors (Lipinski definition) is 6. The first-order valence-electron chi connectivity index (χ1n) is 9.89. The molecule has 1 aliphatic rings. The standard InChI is InChI=1S/C22H24N4O3.ClH/c27-22(19-7-4-13-23-19)24-14-12-20-25-21(26-29-20)17-10-8-16(9-11-17)15-28-18-5-2-1-3-6-18;/h1-3,5-6,8-11,19,23H,4,7,12-15H2,(H,24,27);1H. The van der Waals surface area contributed by atoms with E-state index in [0.29, 0.717) is 31.3 Å². The summed E-state index contributed by atoms with van der Waals surface area (Å²) < 4.78 is 11.1. The number of ether oxygens (including phenoxy) is 1. The number of amides is 1. The fourth-order valence-corrected chi connectivity index (χ4v) is 3.23. The molecule has 1 unspecified atom stereocenters. The van der Waals surface area contributed by atoms with Crippen LogP contribution in [0, 0.1) is 0 Å². The summed E-state index contributed by atoms with van der Waals surface area (Å²) in [6.07, 6.45) is 2.44. The lowest BCUT2D eigenvalue weighted by Gasteiger charge is -2.09. The predicted octanol–water partition coefficient (Wildman–Crippen LogP) is 3.15. The lowest BCUT2D eigenvalue weighted by Crippen LogP contribution is -2.41. The maximum atomic E-state index is 12.0. The lowest BCUT2D eigenvalue weighted by molar-refractivity contribution is -0.122. The number of halogens is 1. The zero-order chi connectivity index (χ0) is 19.9. The third-order valence-electron chi connectivity index (χ3n) is 4.84. The van der Waals surface area contributed by atoms with E-state index in [1.807, 2.05) is 54.6 Å². The number of carbonyl (C=O) groups is 1. The van der Waals surface area contributed by atoms with E-state index < -0.39 is 0 Å². The van der Waals surface area contributed by atoms with Gasteiger partial charge in [-0.15, -0.1) is 12.4 Å². The van der Waals surface area contributed by atoms with Crippen LogP contribution in [0.2, 0.25) is 0 Å². The Bertz CT molecular complexity index is 925. The summed E-state index contributed by atoms with van der Waals surface area (Å²) in [7, 11) is 0. The van der Waals surface area contributed by atoms with Gasteiger partial charge < -0.3 is 19.9 Å². The maximum absolute atomic E-state index is 12.0. The van der Waals surface area contributed by atoms with E-state index in [-0.39, 0.29) is 24.4 Å². The average molecular weight is 429 g/mol. The van der Waals surface area contributed by atoms with Gasteiger partial charge in [0.05, 0.1) is 6.04 Å². The summed E-state index contributed by atoms with van der Waals surface area (Å²) in [6, 6.07) is 17.5. The monoisotopic (exact) mass is 428 g/mol. The third kappa shape index (κ3) is 5.81. The van der Waals surface area contributed by atoms with Gasteiger partial charge in [-0.2, -0.15) is 4.98 Å². The molecular weight excluding hydrogens is 404 g/mol. The molecule has 1 aliphatic heterocycles. The van der Waals surface area contributed by atoms with Gasteiger partial charge in [0.25, 0.3) is 0 Å². The van der Waals surface area contributed by atoms with E-state index in [0.717, 1.165) is 36.3 Å². The number of carbonyl (C=O) groups excluding carboxylic acids is 1. The molecule has 1 amide bonds. The second-order valence-corrected chi connectivity index (χ2v) is 7.00. The van der Waals surface area contributed by atoms with Crippen LogP contribution in [0.25, 0.3) is 11.4 Å². The summed E-state index contributed by atoms with van der Waals surface area (Å²) >= 11 is 0. The van der Waals surface area contributed by atoms with Gasteiger partial charge in [0.1, 0.15) is 12.4 Å². The van der Waals surface area contributed by atoms with Crippen LogP contribution in [-0.2, 0) is 17.8 Å². The molecule has 4 rings (SSSR count). The average Bonchev–Trinajstić information content (AvgIpc) is 3.46. The van der Waals surface area contributed by atoms with Gasteiger partial charge in [-0.25, -0.2) is 0 Å². The molecule has 0 aliphatic carbocycles. The molecule has 2 N–H and O–H groups in total. The molecule has 1 aromatic heterocycles. The van der Waals surface area contributed by atoms with Gasteiger partial charge in [0.15, 0.2) is 0 Å². The van der Waals surface area contributed by atoms with Crippen molar-refractivity contribution in [3.05, 3.63) is 66.1 Å². The molecule has 1 atom stereocenters. The molecule has 30 heavy (non-hydrogen) atoms. The zero-order valence-electron chi connectivity index (χ0n) is 16.5. The Labute approximate surface area is 181 Å². The lowest BCUT2D eigenvalue weighted by atomic mass is 10.1. The van der Waals surface area contributed by atoms with Crippen molar-refractivity contribution in [3.8, 4) is 17.1 Å². The number of benzene rings is 2. The molecule has 1 saturated heterocycles. The number of nitrogens with zero attached hydrogens (tertiary/aromatic N) is 2. The topological polar surface area (TPSA) is 89.3 Å². The van der Waals surface area contributed by atoms with Crippen LogP contribution in [0.3, 0.4) is 0 Å². The minimum atomic E-state index is -0.0716. The second-order valence-electron chi connectivity index (χ2n) is 7.00. The minimum absolute atomic E-state index is 0. The van der Waals surface area contributed by atoms with Crippen LogP contribution in [0.15, 0.2) is 59.1 Å². The molecule has 2 heterocycles. The van der Waals surface area contributed by atoms with Gasteiger partial charge in [0, 0.05) is 18.5 Å². The predicted molar refractivity (Wildman–Crippen MR) is 115 cm³/mol. The second kappa shape index (κ2) is 10.8. The Kier molecular flexibility index (Phi) is 7.82. The number of nitrogens with one attached hydrogen (secondary N) is 2. The first-order valence-corrected chi connectivity index (χ1v) is 9.89. The largest absolute Gasteiger partial charge is 0.489 e. The van der Waals surface area contributed by atoms with E-state index in [1.165, 1.54) is 0 Å². The number of para-hydroxylation sites is 1. The Morgan fingerprint density at radius 1 is 1.17 bits per heavy atom. The van der Waals surface area contributed by atoms with Gasteiger partial charge >= 0.3 is 0 Å². The summed E-state index contributed by atoms with van der Waals surface area (Å²) in [6.45, 7) is 1.88. The molecule has 2 aromatic carbocycles. The van der Waals surface area contributed by atoms with E-state index >= 15 is 0 Å². The fraction of sp³-hybridized carbons (Fsp3) is 0.318. The molecular formula is C22H25ClN4O3. The normalized spacial score (nSPS) is 15.4. The highest BCUT2D eigenvalue weighted by Gasteiger charge is 2.21. The van der Waals surface area contributed by atoms with Crippen molar-refractivity contribution in [3.63, 3.8) is 0 Å². The Hall–Kier alpha value is -2.90. The number of aromatic nitrogens is 2. The molecule has 7 nitrogen and oxygen atoms in total. The van der Waals surface area contributed by atoms with Crippen molar-refractivity contribution in [1.29, 1.82) is 0 Å². The number of hydrogen-bond donors (Lipinski definition) is 2. The molecule has 0 bridgehead atoms. The highest BCUT2D eigenvalue weighted by atomic mass is 35.5. The van der Waals surface area contributed by atoms with Gasteiger partial charge in [-0.3, -0.25) is 4.79 Å². The Balaban J connectivity index is 0.00000256. The maximum Gasteiger partial charge on any atom is 0.237 e. The summed E-state index contributed by atoms with van der Waals surface area (Å²) in [5.74, 6) is 1.93. The van der Waals surface area contributed by atoms with E-state index in [9.17, 15) is 4.79 Å². The molecule has 1 fully saturated rings. The van der Waals surface area contributed by atoms with Crippen LogP contribution in [0.5, 0.6) is 5.75 Å². The molecule has 3 aromatic rings. The number of rotatable bonds is 8. The Morgan fingerprint density at radius 3 is 2.70 bits per heavy atom. The van der Waals surface area contributed by atoms with Gasteiger partial charge in [0.2, 0.25) is 17.6 Å². The molecule has 0 radical (unpaired) electrons. The van der Waals surface area contributed by atoms with E-state index in [1.54, 1.807) is 0 Å².